The Hall–Kier alpha value is -1.65. The third-order valence-electron chi connectivity index (χ3n) is 1.51. The summed E-state index contributed by atoms with van der Waals surface area (Å²) in [6, 6.07) is 0. The van der Waals surface area contributed by atoms with Gasteiger partial charge in [0.25, 0.3) is 11.5 Å². The first kappa shape index (κ1) is 8.45. The molecule has 0 fully saturated rings. The van der Waals surface area contributed by atoms with E-state index in [-0.39, 0.29) is 11.1 Å². The molecule has 0 atom stereocenters. The van der Waals surface area contributed by atoms with E-state index in [4.69, 9.17) is 5.73 Å². The molecule has 0 aliphatic heterocycles. The zero-order valence-corrected chi connectivity index (χ0v) is 6.65. The second-order valence-electron chi connectivity index (χ2n) is 2.26. The minimum absolute atomic E-state index is 0.0700. The van der Waals surface area contributed by atoms with E-state index in [1.165, 1.54) is 17.1 Å². The molecule has 12 heavy (non-hydrogen) atoms. The van der Waals surface area contributed by atoms with Crippen LogP contribution in [0.1, 0.15) is 17.3 Å². The molecule has 0 saturated heterocycles. The van der Waals surface area contributed by atoms with Crippen LogP contribution in [0.4, 0.5) is 0 Å². The molecule has 0 saturated carbocycles. The van der Waals surface area contributed by atoms with E-state index in [2.05, 4.69) is 4.98 Å². The van der Waals surface area contributed by atoms with Crippen LogP contribution < -0.4 is 11.3 Å². The number of carbonyl (C=O) groups excluding carboxylic acids is 1. The van der Waals surface area contributed by atoms with Crippen LogP contribution in [-0.4, -0.2) is 15.5 Å². The maximum Gasteiger partial charge on any atom is 0.266 e. The molecule has 0 radical (unpaired) electrons. The molecule has 1 aromatic heterocycles. The lowest BCUT2D eigenvalue weighted by Crippen LogP contribution is -2.29. The first-order valence-corrected chi connectivity index (χ1v) is 3.51. The summed E-state index contributed by atoms with van der Waals surface area (Å²) in [7, 11) is 0. The largest absolute Gasteiger partial charge is 0.365 e. The molecule has 0 unspecified atom stereocenters. The van der Waals surface area contributed by atoms with Crippen molar-refractivity contribution < 1.29 is 4.79 Å². The predicted octanol–water partition coefficient (Wildman–Crippen LogP) is -0.638. The Morgan fingerprint density at radius 2 is 2.42 bits per heavy atom. The van der Waals surface area contributed by atoms with Crippen molar-refractivity contribution in [1.82, 2.24) is 9.55 Å². The Labute approximate surface area is 68.8 Å². The Morgan fingerprint density at radius 1 is 1.75 bits per heavy atom. The molecule has 0 bridgehead atoms. The lowest BCUT2D eigenvalue weighted by Gasteiger charge is -2.00. The average Bonchev–Trinajstić information content (AvgIpc) is 2.04. The van der Waals surface area contributed by atoms with E-state index >= 15 is 0 Å². The number of carbonyl (C=O) groups is 1. The number of aromatic nitrogens is 2. The summed E-state index contributed by atoms with van der Waals surface area (Å²) in [5, 5.41) is 0. The van der Waals surface area contributed by atoms with Gasteiger partial charge in [0.2, 0.25) is 0 Å². The first-order valence-electron chi connectivity index (χ1n) is 3.51. The van der Waals surface area contributed by atoms with Gasteiger partial charge in [-0.15, -0.1) is 0 Å². The summed E-state index contributed by atoms with van der Waals surface area (Å²) in [5.74, 6) is -0.740. The highest BCUT2D eigenvalue weighted by molar-refractivity contribution is 5.91. The van der Waals surface area contributed by atoms with Gasteiger partial charge in [0.1, 0.15) is 5.56 Å². The minimum Gasteiger partial charge on any atom is -0.365 e. The van der Waals surface area contributed by atoms with Crippen LogP contribution in [-0.2, 0) is 6.54 Å². The van der Waals surface area contributed by atoms with Gasteiger partial charge in [-0.1, -0.05) is 0 Å². The van der Waals surface area contributed by atoms with E-state index in [1.54, 1.807) is 6.92 Å². The SMILES string of the molecule is CCn1cncc(C(N)=O)c1=O. The summed E-state index contributed by atoms with van der Waals surface area (Å²) >= 11 is 0. The van der Waals surface area contributed by atoms with E-state index in [0.29, 0.717) is 6.54 Å². The zero-order chi connectivity index (χ0) is 9.14. The average molecular weight is 167 g/mol. The normalized spacial score (nSPS) is 9.75. The second-order valence-corrected chi connectivity index (χ2v) is 2.26. The van der Waals surface area contributed by atoms with Crippen molar-refractivity contribution in [2.45, 2.75) is 13.5 Å². The Morgan fingerprint density at radius 3 is 2.92 bits per heavy atom. The Kier molecular flexibility index (Phi) is 2.23. The molecule has 5 nitrogen and oxygen atoms in total. The van der Waals surface area contributed by atoms with Crippen molar-refractivity contribution in [2.75, 3.05) is 0 Å². The predicted molar refractivity (Wildman–Crippen MR) is 42.7 cm³/mol. The van der Waals surface area contributed by atoms with Crippen LogP contribution in [0, 0.1) is 0 Å². The summed E-state index contributed by atoms with van der Waals surface area (Å²) in [6.07, 6.45) is 2.55. The van der Waals surface area contributed by atoms with Crippen molar-refractivity contribution in [3.63, 3.8) is 0 Å². The number of hydrogen-bond acceptors (Lipinski definition) is 3. The van der Waals surface area contributed by atoms with E-state index < -0.39 is 5.91 Å². The zero-order valence-electron chi connectivity index (χ0n) is 6.65. The number of nitrogens with zero attached hydrogens (tertiary/aromatic N) is 2. The Balaban J connectivity index is 3.33. The summed E-state index contributed by atoms with van der Waals surface area (Å²) in [5.41, 5.74) is 4.49. The van der Waals surface area contributed by atoms with E-state index in [0.717, 1.165) is 0 Å². The Bertz CT molecular complexity index is 356. The summed E-state index contributed by atoms with van der Waals surface area (Å²) < 4.78 is 1.32. The molecule has 64 valence electrons. The standard InChI is InChI=1S/C7H9N3O2/c1-2-10-4-9-3-5(6(8)11)7(10)12/h3-4H,2H2,1H3,(H2,8,11). The lowest BCUT2D eigenvalue weighted by atomic mass is 10.3. The van der Waals surface area contributed by atoms with Gasteiger partial charge in [-0.2, -0.15) is 0 Å². The van der Waals surface area contributed by atoms with Crippen molar-refractivity contribution in [3.8, 4) is 0 Å². The van der Waals surface area contributed by atoms with E-state index in [1.807, 2.05) is 0 Å². The second kappa shape index (κ2) is 3.17. The van der Waals surface area contributed by atoms with Crippen LogP contribution in [0.25, 0.3) is 0 Å². The molecule has 1 heterocycles. The first-order chi connectivity index (χ1) is 5.66. The fraction of sp³-hybridized carbons (Fsp3) is 0.286. The van der Waals surface area contributed by atoms with Crippen molar-refractivity contribution in [2.24, 2.45) is 5.73 Å². The molecule has 0 spiro atoms. The molecule has 0 aliphatic rings. The quantitative estimate of drug-likeness (QED) is 0.636. The van der Waals surface area contributed by atoms with Crippen LogP contribution in [0.2, 0.25) is 0 Å². The molecule has 1 rings (SSSR count). The molecule has 0 aliphatic carbocycles. The van der Waals surface area contributed by atoms with Gasteiger partial charge in [0.15, 0.2) is 0 Å². The number of rotatable bonds is 2. The third-order valence-corrected chi connectivity index (χ3v) is 1.51. The van der Waals surface area contributed by atoms with Crippen molar-refractivity contribution >= 4 is 5.91 Å². The number of hydrogen-bond donors (Lipinski definition) is 1. The molecular weight excluding hydrogens is 158 g/mol. The molecule has 2 N–H and O–H groups in total. The van der Waals surface area contributed by atoms with Gasteiger partial charge < -0.3 is 5.73 Å². The third kappa shape index (κ3) is 1.34. The van der Waals surface area contributed by atoms with Gasteiger partial charge in [-0.25, -0.2) is 4.98 Å². The fourth-order valence-corrected chi connectivity index (χ4v) is 0.845. The molecule has 1 amide bonds. The number of nitrogens with two attached hydrogens (primary N) is 1. The van der Waals surface area contributed by atoms with E-state index in [9.17, 15) is 9.59 Å². The van der Waals surface area contributed by atoms with Gasteiger partial charge in [-0.05, 0) is 6.92 Å². The number of aryl methyl sites for hydroxylation is 1. The van der Waals surface area contributed by atoms with Crippen LogP contribution >= 0.6 is 0 Å². The number of primary amides is 1. The van der Waals surface area contributed by atoms with Crippen molar-refractivity contribution in [3.05, 3.63) is 28.4 Å². The fourth-order valence-electron chi connectivity index (χ4n) is 0.845. The minimum atomic E-state index is -0.740. The highest BCUT2D eigenvalue weighted by atomic mass is 16.2. The summed E-state index contributed by atoms with van der Waals surface area (Å²) in [6.45, 7) is 2.26. The molecule has 5 heteroatoms. The van der Waals surface area contributed by atoms with Crippen LogP contribution in [0.5, 0.6) is 0 Å². The molecule has 1 aromatic rings. The van der Waals surface area contributed by atoms with Gasteiger partial charge >= 0.3 is 0 Å². The number of amides is 1. The summed E-state index contributed by atoms with van der Waals surface area (Å²) in [4.78, 5) is 25.6. The van der Waals surface area contributed by atoms with Crippen molar-refractivity contribution in [1.29, 1.82) is 0 Å². The monoisotopic (exact) mass is 167 g/mol. The maximum atomic E-state index is 11.3. The van der Waals surface area contributed by atoms with Crippen LogP contribution in [0.3, 0.4) is 0 Å². The van der Waals surface area contributed by atoms with Gasteiger partial charge in [0, 0.05) is 12.7 Å². The molecule has 0 aromatic carbocycles. The van der Waals surface area contributed by atoms with Gasteiger partial charge in [-0.3, -0.25) is 14.2 Å². The topological polar surface area (TPSA) is 78.0 Å². The molecular formula is C7H9N3O2. The van der Waals surface area contributed by atoms with Gasteiger partial charge in [0.05, 0.1) is 6.33 Å². The lowest BCUT2D eigenvalue weighted by molar-refractivity contribution is 0.0998. The maximum absolute atomic E-state index is 11.3. The highest BCUT2D eigenvalue weighted by Gasteiger charge is 2.07. The van der Waals surface area contributed by atoms with Crippen LogP contribution in [0.15, 0.2) is 17.3 Å². The highest BCUT2D eigenvalue weighted by Crippen LogP contribution is 1.85. The smallest absolute Gasteiger partial charge is 0.266 e.